The molecule has 2 aromatic rings. The van der Waals surface area contributed by atoms with Crippen molar-refractivity contribution in [3.8, 4) is 0 Å². The summed E-state index contributed by atoms with van der Waals surface area (Å²) in [5.74, 6) is -0.00575. The highest BCUT2D eigenvalue weighted by atomic mass is 16.2. The molecule has 1 aromatic heterocycles. The van der Waals surface area contributed by atoms with E-state index in [9.17, 15) is 4.79 Å². The Kier molecular flexibility index (Phi) is 3.66. The summed E-state index contributed by atoms with van der Waals surface area (Å²) in [5, 5.41) is 0. The molecule has 0 spiro atoms. The molecule has 0 radical (unpaired) electrons. The molecule has 1 amide bonds. The Bertz CT molecular complexity index is 702. The van der Waals surface area contributed by atoms with Crippen molar-refractivity contribution in [1.29, 1.82) is 0 Å². The first kappa shape index (κ1) is 14.3. The Labute approximate surface area is 129 Å². The normalized spacial score (nSPS) is 17.8. The SMILES string of the molecule is C[C@H]1CN(C)c2ccccc2CN1C(=O)c1nccnc1N. The molecule has 114 valence electrons. The lowest BCUT2D eigenvalue weighted by molar-refractivity contribution is 0.0682. The molecule has 1 atom stereocenters. The highest BCUT2D eigenvalue weighted by molar-refractivity contribution is 5.96. The number of benzene rings is 1. The van der Waals surface area contributed by atoms with Crippen LogP contribution in [0.15, 0.2) is 36.7 Å². The van der Waals surface area contributed by atoms with Gasteiger partial charge in [-0.05, 0) is 18.6 Å². The first-order chi connectivity index (χ1) is 10.6. The quantitative estimate of drug-likeness (QED) is 0.864. The Morgan fingerprint density at radius 1 is 1.27 bits per heavy atom. The van der Waals surface area contributed by atoms with Gasteiger partial charge in [0.2, 0.25) is 0 Å². The molecule has 1 aliphatic heterocycles. The van der Waals surface area contributed by atoms with Gasteiger partial charge in [-0.3, -0.25) is 4.79 Å². The van der Waals surface area contributed by atoms with E-state index in [-0.39, 0.29) is 23.5 Å². The van der Waals surface area contributed by atoms with Gasteiger partial charge in [-0.15, -0.1) is 0 Å². The van der Waals surface area contributed by atoms with Gasteiger partial charge in [-0.1, -0.05) is 18.2 Å². The third-order valence-electron chi connectivity index (χ3n) is 4.00. The van der Waals surface area contributed by atoms with E-state index in [0.29, 0.717) is 6.54 Å². The number of anilines is 2. The average molecular weight is 297 g/mol. The van der Waals surface area contributed by atoms with Crippen LogP contribution in [0.2, 0.25) is 0 Å². The molecule has 6 heteroatoms. The summed E-state index contributed by atoms with van der Waals surface area (Å²) >= 11 is 0. The lowest BCUT2D eigenvalue weighted by atomic mass is 10.1. The second kappa shape index (κ2) is 5.63. The molecule has 0 fully saturated rings. The first-order valence-electron chi connectivity index (χ1n) is 7.24. The number of aromatic nitrogens is 2. The van der Waals surface area contributed by atoms with Gasteiger partial charge in [-0.2, -0.15) is 0 Å². The van der Waals surface area contributed by atoms with Crippen LogP contribution in [0.25, 0.3) is 0 Å². The summed E-state index contributed by atoms with van der Waals surface area (Å²) in [7, 11) is 2.04. The number of nitrogen functional groups attached to an aromatic ring is 1. The number of likely N-dealkylation sites (N-methyl/N-ethyl adjacent to an activating group) is 1. The van der Waals surface area contributed by atoms with E-state index in [1.54, 1.807) is 0 Å². The smallest absolute Gasteiger partial charge is 0.276 e. The molecule has 0 saturated heterocycles. The largest absolute Gasteiger partial charge is 0.382 e. The molecule has 1 aliphatic rings. The second-order valence-electron chi connectivity index (χ2n) is 5.58. The Hall–Kier alpha value is -2.63. The Balaban J connectivity index is 1.97. The zero-order valence-corrected chi connectivity index (χ0v) is 12.7. The van der Waals surface area contributed by atoms with E-state index in [1.165, 1.54) is 12.4 Å². The topological polar surface area (TPSA) is 75.3 Å². The van der Waals surface area contributed by atoms with Gasteiger partial charge in [0.25, 0.3) is 5.91 Å². The number of nitrogens with zero attached hydrogens (tertiary/aromatic N) is 4. The summed E-state index contributed by atoms with van der Waals surface area (Å²) in [6, 6.07) is 8.17. The molecule has 0 saturated carbocycles. The van der Waals surface area contributed by atoms with E-state index < -0.39 is 0 Å². The van der Waals surface area contributed by atoms with Crippen LogP contribution in [0.5, 0.6) is 0 Å². The lowest BCUT2D eigenvalue weighted by Crippen LogP contribution is -2.42. The van der Waals surface area contributed by atoms with Gasteiger partial charge < -0.3 is 15.5 Å². The number of para-hydroxylation sites is 1. The maximum Gasteiger partial charge on any atom is 0.276 e. The highest BCUT2D eigenvalue weighted by Gasteiger charge is 2.29. The zero-order chi connectivity index (χ0) is 15.7. The fourth-order valence-electron chi connectivity index (χ4n) is 2.87. The summed E-state index contributed by atoms with van der Waals surface area (Å²) in [5.41, 5.74) is 8.29. The lowest BCUT2D eigenvalue weighted by Gasteiger charge is -2.28. The monoisotopic (exact) mass is 297 g/mol. The number of rotatable bonds is 1. The maximum atomic E-state index is 12.8. The van der Waals surface area contributed by atoms with Crippen LogP contribution in [-0.4, -0.2) is 40.4 Å². The molecule has 0 aliphatic carbocycles. The van der Waals surface area contributed by atoms with Crippen molar-refractivity contribution >= 4 is 17.4 Å². The molecular formula is C16H19N5O. The van der Waals surface area contributed by atoms with Crippen LogP contribution in [0.3, 0.4) is 0 Å². The predicted molar refractivity (Wildman–Crippen MR) is 85.5 cm³/mol. The van der Waals surface area contributed by atoms with Crippen molar-refractivity contribution in [2.45, 2.75) is 19.5 Å². The minimum Gasteiger partial charge on any atom is -0.382 e. The number of fused-ring (bicyclic) bond motifs is 1. The minimum absolute atomic E-state index is 0.0475. The molecular weight excluding hydrogens is 278 g/mol. The van der Waals surface area contributed by atoms with Gasteiger partial charge in [0.1, 0.15) is 0 Å². The predicted octanol–water partition coefficient (Wildman–Crippen LogP) is 1.54. The molecule has 2 heterocycles. The molecule has 22 heavy (non-hydrogen) atoms. The molecule has 0 unspecified atom stereocenters. The zero-order valence-electron chi connectivity index (χ0n) is 12.7. The standard InChI is InChI=1S/C16H19N5O/c1-11-9-20(2)13-6-4-3-5-12(13)10-21(11)16(22)14-15(17)19-8-7-18-14/h3-8,11H,9-10H2,1-2H3,(H2,17,19)/t11-/m0/s1. The third kappa shape index (κ3) is 2.47. The molecule has 1 aromatic carbocycles. The van der Waals surface area contributed by atoms with Crippen molar-refractivity contribution < 1.29 is 4.79 Å². The summed E-state index contributed by atoms with van der Waals surface area (Å²) in [6.45, 7) is 3.33. The highest BCUT2D eigenvalue weighted by Crippen LogP contribution is 2.27. The van der Waals surface area contributed by atoms with Crippen molar-refractivity contribution in [1.82, 2.24) is 14.9 Å². The van der Waals surface area contributed by atoms with Gasteiger partial charge in [0.05, 0.1) is 0 Å². The van der Waals surface area contributed by atoms with Gasteiger partial charge >= 0.3 is 0 Å². The fraction of sp³-hybridized carbons (Fsp3) is 0.312. The number of hydrogen-bond acceptors (Lipinski definition) is 5. The summed E-state index contributed by atoms with van der Waals surface area (Å²) < 4.78 is 0. The molecule has 0 bridgehead atoms. The number of nitrogens with two attached hydrogens (primary N) is 1. The van der Waals surface area contributed by atoms with E-state index in [1.807, 2.05) is 37.1 Å². The van der Waals surface area contributed by atoms with Crippen molar-refractivity contribution in [3.63, 3.8) is 0 Å². The van der Waals surface area contributed by atoms with E-state index in [4.69, 9.17) is 5.73 Å². The van der Waals surface area contributed by atoms with Crippen molar-refractivity contribution in [2.24, 2.45) is 0 Å². The maximum absolute atomic E-state index is 12.8. The molecule has 2 N–H and O–H groups in total. The Morgan fingerprint density at radius 3 is 2.77 bits per heavy atom. The van der Waals surface area contributed by atoms with Crippen LogP contribution in [0, 0.1) is 0 Å². The van der Waals surface area contributed by atoms with Crippen LogP contribution >= 0.6 is 0 Å². The summed E-state index contributed by atoms with van der Waals surface area (Å²) in [4.78, 5) is 24.9. The second-order valence-corrected chi connectivity index (χ2v) is 5.58. The van der Waals surface area contributed by atoms with E-state index in [0.717, 1.165) is 17.8 Å². The number of carbonyl (C=O) groups is 1. The number of hydrogen-bond donors (Lipinski definition) is 1. The first-order valence-corrected chi connectivity index (χ1v) is 7.24. The Morgan fingerprint density at radius 2 is 2.00 bits per heavy atom. The van der Waals surface area contributed by atoms with Crippen LogP contribution in [-0.2, 0) is 6.54 Å². The van der Waals surface area contributed by atoms with Gasteiger partial charge in [0, 0.05) is 44.3 Å². The van der Waals surface area contributed by atoms with Crippen LogP contribution in [0.1, 0.15) is 23.0 Å². The van der Waals surface area contributed by atoms with E-state index in [2.05, 4.69) is 20.9 Å². The fourth-order valence-corrected chi connectivity index (χ4v) is 2.87. The van der Waals surface area contributed by atoms with Crippen LogP contribution < -0.4 is 10.6 Å². The molecule has 3 rings (SSSR count). The minimum atomic E-state index is -0.178. The summed E-state index contributed by atoms with van der Waals surface area (Å²) in [6.07, 6.45) is 2.98. The number of carbonyl (C=O) groups excluding carboxylic acids is 1. The van der Waals surface area contributed by atoms with Crippen LogP contribution in [0.4, 0.5) is 11.5 Å². The van der Waals surface area contributed by atoms with E-state index >= 15 is 0 Å². The van der Waals surface area contributed by atoms with Crippen molar-refractivity contribution in [2.75, 3.05) is 24.2 Å². The average Bonchev–Trinajstić information content (AvgIpc) is 2.64. The van der Waals surface area contributed by atoms with Gasteiger partial charge in [-0.25, -0.2) is 9.97 Å². The van der Waals surface area contributed by atoms with Gasteiger partial charge in [0.15, 0.2) is 11.5 Å². The number of amides is 1. The third-order valence-corrected chi connectivity index (χ3v) is 4.00. The molecule has 6 nitrogen and oxygen atoms in total. The van der Waals surface area contributed by atoms with Crippen molar-refractivity contribution in [3.05, 3.63) is 47.9 Å².